The molecule has 2 aromatic rings. The zero-order valence-electron chi connectivity index (χ0n) is 11.5. The predicted octanol–water partition coefficient (Wildman–Crippen LogP) is 3.28. The Balaban J connectivity index is 2.32. The number of carbonyl (C=O) groups excluding carboxylic acids is 1. The van der Waals surface area contributed by atoms with E-state index in [1.807, 2.05) is 31.2 Å². The molecule has 1 heterocycles. The maximum atomic E-state index is 12.4. The van der Waals surface area contributed by atoms with Crippen molar-refractivity contribution in [2.24, 2.45) is 0 Å². The van der Waals surface area contributed by atoms with Crippen LogP contribution in [0.2, 0.25) is 0 Å². The average Bonchev–Trinajstić information content (AvgIpc) is 2.77. The second-order valence-corrected chi connectivity index (χ2v) is 4.58. The molecule has 1 aromatic heterocycles. The Labute approximate surface area is 113 Å². The minimum Gasteiger partial charge on any atom is -0.449 e. The van der Waals surface area contributed by atoms with Crippen molar-refractivity contribution in [1.82, 2.24) is 4.90 Å². The van der Waals surface area contributed by atoms with E-state index in [4.69, 9.17) is 10.2 Å². The fourth-order valence-corrected chi connectivity index (χ4v) is 2.12. The number of unbranched alkanes of at least 4 members (excludes halogenated alkanes) is 1. The zero-order valence-corrected chi connectivity index (χ0v) is 11.5. The molecule has 0 aliphatic carbocycles. The van der Waals surface area contributed by atoms with Gasteiger partial charge in [0.1, 0.15) is 5.58 Å². The molecule has 102 valence electrons. The van der Waals surface area contributed by atoms with Gasteiger partial charge in [0.05, 0.1) is 5.69 Å². The van der Waals surface area contributed by atoms with Crippen molar-refractivity contribution in [3.63, 3.8) is 0 Å². The van der Waals surface area contributed by atoms with Crippen LogP contribution in [0.5, 0.6) is 0 Å². The van der Waals surface area contributed by atoms with Crippen molar-refractivity contribution in [1.29, 1.82) is 0 Å². The zero-order chi connectivity index (χ0) is 13.8. The van der Waals surface area contributed by atoms with Crippen LogP contribution in [0.15, 0.2) is 28.7 Å². The summed E-state index contributed by atoms with van der Waals surface area (Å²) in [6, 6.07) is 7.45. The van der Waals surface area contributed by atoms with Crippen molar-refractivity contribution >= 4 is 22.6 Å². The van der Waals surface area contributed by atoms with E-state index in [1.165, 1.54) is 0 Å². The maximum absolute atomic E-state index is 12.4. The molecule has 4 nitrogen and oxygen atoms in total. The van der Waals surface area contributed by atoms with Gasteiger partial charge in [0.2, 0.25) is 5.76 Å². The molecule has 0 atom stereocenters. The molecule has 0 spiro atoms. The number of carbonyl (C=O) groups is 1. The van der Waals surface area contributed by atoms with E-state index in [0.29, 0.717) is 17.8 Å². The Morgan fingerprint density at radius 2 is 2.05 bits per heavy atom. The molecule has 0 bridgehead atoms. The molecule has 0 saturated heterocycles. The molecular weight excluding hydrogens is 240 g/mol. The van der Waals surface area contributed by atoms with Gasteiger partial charge in [-0.25, -0.2) is 0 Å². The van der Waals surface area contributed by atoms with Gasteiger partial charge in [-0.05, 0) is 25.5 Å². The minimum atomic E-state index is -0.121. The van der Waals surface area contributed by atoms with Gasteiger partial charge in [-0.3, -0.25) is 4.79 Å². The van der Waals surface area contributed by atoms with Crippen LogP contribution in [0.1, 0.15) is 37.2 Å². The second-order valence-electron chi connectivity index (χ2n) is 4.58. The number of nitrogens with two attached hydrogens (primary N) is 1. The third kappa shape index (κ3) is 2.57. The summed E-state index contributed by atoms with van der Waals surface area (Å²) in [4.78, 5) is 14.2. The summed E-state index contributed by atoms with van der Waals surface area (Å²) in [5.74, 6) is 0.142. The van der Waals surface area contributed by atoms with Gasteiger partial charge >= 0.3 is 0 Å². The lowest BCUT2D eigenvalue weighted by Gasteiger charge is -2.19. The molecule has 0 fully saturated rings. The summed E-state index contributed by atoms with van der Waals surface area (Å²) in [6.07, 6.45) is 2.04. The highest BCUT2D eigenvalue weighted by molar-refractivity contribution is 6.05. The molecule has 1 aromatic carbocycles. The topological polar surface area (TPSA) is 59.5 Å². The van der Waals surface area contributed by atoms with Gasteiger partial charge in [0.25, 0.3) is 5.91 Å². The SMILES string of the molecule is CCCCN(CC)C(=O)c1oc2ccccc2c1N. The number of benzene rings is 1. The van der Waals surface area contributed by atoms with E-state index in [-0.39, 0.29) is 11.7 Å². The highest BCUT2D eigenvalue weighted by Gasteiger charge is 2.22. The largest absolute Gasteiger partial charge is 0.449 e. The van der Waals surface area contributed by atoms with Crippen LogP contribution in [-0.2, 0) is 0 Å². The van der Waals surface area contributed by atoms with E-state index in [2.05, 4.69) is 6.92 Å². The number of para-hydroxylation sites is 1. The fraction of sp³-hybridized carbons (Fsp3) is 0.400. The lowest BCUT2D eigenvalue weighted by atomic mass is 10.2. The molecule has 2 rings (SSSR count). The summed E-state index contributed by atoms with van der Waals surface area (Å²) in [7, 11) is 0. The monoisotopic (exact) mass is 260 g/mol. The lowest BCUT2D eigenvalue weighted by Crippen LogP contribution is -2.31. The Kier molecular flexibility index (Phi) is 4.10. The lowest BCUT2D eigenvalue weighted by molar-refractivity contribution is 0.0734. The van der Waals surface area contributed by atoms with Crippen LogP contribution in [0.25, 0.3) is 11.0 Å². The van der Waals surface area contributed by atoms with Gasteiger partial charge in [0, 0.05) is 18.5 Å². The van der Waals surface area contributed by atoms with E-state index >= 15 is 0 Å². The third-order valence-corrected chi connectivity index (χ3v) is 3.28. The Morgan fingerprint density at radius 1 is 1.32 bits per heavy atom. The molecule has 4 heteroatoms. The van der Waals surface area contributed by atoms with E-state index in [9.17, 15) is 4.79 Å². The molecule has 0 saturated carbocycles. The first-order valence-electron chi connectivity index (χ1n) is 6.75. The van der Waals surface area contributed by atoms with Crippen LogP contribution in [0.3, 0.4) is 0 Å². The number of amides is 1. The molecule has 0 unspecified atom stereocenters. The van der Waals surface area contributed by atoms with Crippen molar-refractivity contribution < 1.29 is 9.21 Å². The Hall–Kier alpha value is -1.97. The fourth-order valence-electron chi connectivity index (χ4n) is 2.12. The number of anilines is 1. The summed E-state index contributed by atoms with van der Waals surface area (Å²) in [5, 5.41) is 0.803. The smallest absolute Gasteiger partial charge is 0.291 e. The van der Waals surface area contributed by atoms with Gasteiger partial charge in [-0.15, -0.1) is 0 Å². The molecule has 2 N–H and O–H groups in total. The molecule has 0 aliphatic heterocycles. The second kappa shape index (κ2) is 5.78. The van der Waals surface area contributed by atoms with Crippen molar-refractivity contribution in [3.05, 3.63) is 30.0 Å². The van der Waals surface area contributed by atoms with Gasteiger partial charge in [0.15, 0.2) is 0 Å². The first-order chi connectivity index (χ1) is 9.19. The molecule has 0 radical (unpaired) electrons. The van der Waals surface area contributed by atoms with Crippen LogP contribution in [-0.4, -0.2) is 23.9 Å². The number of nitrogens with zero attached hydrogens (tertiary/aromatic N) is 1. The number of hydrogen-bond acceptors (Lipinski definition) is 3. The molecule has 1 amide bonds. The number of fused-ring (bicyclic) bond motifs is 1. The van der Waals surface area contributed by atoms with Crippen LogP contribution in [0.4, 0.5) is 5.69 Å². The van der Waals surface area contributed by atoms with Crippen molar-refractivity contribution in [2.75, 3.05) is 18.8 Å². The highest BCUT2D eigenvalue weighted by atomic mass is 16.3. The first kappa shape index (κ1) is 13.5. The van der Waals surface area contributed by atoms with Crippen LogP contribution >= 0.6 is 0 Å². The van der Waals surface area contributed by atoms with E-state index in [1.54, 1.807) is 4.90 Å². The average molecular weight is 260 g/mol. The molecule has 19 heavy (non-hydrogen) atoms. The summed E-state index contributed by atoms with van der Waals surface area (Å²) in [5.41, 5.74) is 7.12. The summed E-state index contributed by atoms with van der Waals surface area (Å²) in [6.45, 7) is 5.47. The number of nitrogen functional groups attached to an aromatic ring is 1. The van der Waals surface area contributed by atoms with Crippen LogP contribution in [0, 0.1) is 0 Å². The molecular formula is C15H20N2O2. The standard InChI is InChI=1S/C15H20N2O2/c1-3-5-10-17(4-2)15(18)14-13(16)11-8-6-7-9-12(11)19-14/h6-9H,3-5,10,16H2,1-2H3. The van der Waals surface area contributed by atoms with E-state index in [0.717, 1.165) is 24.8 Å². The number of hydrogen-bond donors (Lipinski definition) is 1. The number of rotatable bonds is 5. The highest BCUT2D eigenvalue weighted by Crippen LogP contribution is 2.28. The Bertz CT molecular complexity index is 575. The number of furan rings is 1. The maximum Gasteiger partial charge on any atom is 0.291 e. The summed E-state index contributed by atoms with van der Waals surface area (Å²) < 4.78 is 5.61. The first-order valence-corrected chi connectivity index (χ1v) is 6.75. The third-order valence-electron chi connectivity index (χ3n) is 3.28. The van der Waals surface area contributed by atoms with Gasteiger partial charge < -0.3 is 15.1 Å². The van der Waals surface area contributed by atoms with Gasteiger partial charge in [-0.2, -0.15) is 0 Å². The Morgan fingerprint density at radius 3 is 2.68 bits per heavy atom. The quantitative estimate of drug-likeness (QED) is 0.897. The summed E-state index contributed by atoms with van der Waals surface area (Å²) >= 11 is 0. The van der Waals surface area contributed by atoms with E-state index < -0.39 is 0 Å². The normalized spacial score (nSPS) is 10.8. The van der Waals surface area contributed by atoms with Crippen molar-refractivity contribution in [3.8, 4) is 0 Å². The molecule has 0 aliphatic rings. The minimum absolute atomic E-state index is 0.121. The van der Waals surface area contributed by atoms with Crippen molar-refractivity contribution in [2.45, 2.75) is 26.7 Å². The van der Waals surface area contributed by atoms with Crippen LogP contribution < -0.4 is 5.73 Å². The predicted molar refractivity (Wildman–Crippen MR) is 77.1 cm³/mol. The van der Waals surface area contributed by atoms with Gasteiger partial charge in [-0.1, -0.05) is 25.5 Å².